The van der Waals surface area contributed by atoms with Gasteiger partial charge in [0.15, 0.2) is 0 Å². The molecule has 0 unspecified atom stereocenters. The fourth-order valence-corrected chi connectivity index (χ4v) is 0.537. The van der Waals surface area contributed by atoms with Crippen LogP contribution in [0.1, 0.15) is 5.82 Å². The first-order valence-corrected chi connectivity index (χ1v) is 2.79. The Labute approximate surface area is 64.3 Å². The minimum atomic E-state index is -4.56. The van der Waals surface area contributed by atoms with Gasteiger partial charge in [-0.3, -0.25) is 0 Å². The number of halogens is 4. The van der Waals surface area contributed by atoms with E-state index in [2.05, 4.69) is 15.0 Å². The summed E-state index contributed by atoms with van der Waals surface area (Å²) in [4.78, 5) is 8.94. The van der Waals surface area contributed by atoms with Gasteiger partial charge in [-0.25, -0.2) is 9.97 Å². The van der Waals surface area contributed by atoms with E-state index in [1.54, 1.807) is 0 Å². The quantitative estimate of drug-likeness (QED) is 0.613. The molecule has 0 aliphatic rings. The van der Waals surface area contributed by atoms with E-state index in [9.17, 15) is 13.2 Å². The summed E-state index contributed by atoms with van der Waals surface area (Å²) in [7, 11) is 0. The molecule has 1 aromatic heterocycles. The molecule has 0 spiro atoms. The number of hydrogen-bond acceptors (Lipinski definition) is 3. The van der Waals surface area contributed by atoms with Gasteiger partial charge in [0.25, 0.3) is 0 Å². The monoisotopic (exact) mass is 183 g/mol. The van der Waals surface area contributed by atoms with Gasteiger partial charge in [0, 0.05) is 0 Å². The SMILES string of the molecule is FC(F)(F)c1ncnc(Cl)n1. The lowest BCUT2D eigenvalue weighted by Crippen LogP contribution is -2.11. The second-order valence-corrected chi connectivity index (χ2v) is 1.91. The van der Waals surface area contributed by atoms with E-state index in [0.717, 1.165) is 0 Å². The smallest absolute Gasteiger partial charge is 0.213 e. The lowest BCUT2D eigenvalue weighted by molar-refractivity contribution is -0.145. The zero-order valence-electron chi connectivity index (χ0n) is 4.93. The van der Waals surface area contributed by atoms with E-state index in [1.165, 1.54) is 0 Å². The van der Waals surface area contributed by atoms with Crippen LogP contribution >= 0.6 is 11.6 Å². The molecule has 60 valence electrons. The van der Waals surface area contributed by atoms with Gasteiger partial charge in [0.05, 0.1) is 0 Å². The van der Waals surface area contributed by atoms with Crippen molar-refractivity contribution < 1.29 is 13.2 Å². The third-order valence-electron chi connectivity index (χ3n) is 0.796. The Kier molecular flexibility index (Phi) is 1.95. The molecule has 11 heavy (non-hydrogen) atoms. The summed E-state index contributed by atoms with van der Waals surface area (Å²) in [6, 6.07) is 0. The molecule has 0 radical (unpaired) electrons. The molecule has 0 bridgehead atoms. The highest BCUT2D eigenvalue weighted by molar-refractivity contribution is 6.28. The maximum Gasteiger partial charge on any atom is 0.451 e. The van der Waals surface area contributed by atoms with Crippen LogP contribution in [0.5, 0.6) is 0 Å². The van der Waals surface area contributed by atoms with E-state index in [0.29, 0.717) is 6.33 Å². The van der Waals surface area contributed by atoms with E-state index in [-0.39, 0.29) is 0 Å². The van der Waals surface area contributed by atoms with E-state index in [1.807, 2.05) is 0 Å². The van der Waals surface area contributed by atoms with Crippen molar-refractivity contribution in [3.05, 3.63) is 17.4 Å². The Balaban J connectivity index is 3.06. The average Bonchev–Trinajstić information content (AvgIpc) is 1.86. The molecule has 1 rings (SSSR count). The summed E-state index contributed by atoms with van der Waals surface area (Å²) in [6.07, 6.45) is -3.86. The maximum absolute atomic E-state index is 11.8. The van der Waals surface area contributed by atoms with E-state index < -0.39 is 17.3 Å². The fraction of sp³-hybridized carbons (Fsp3) is 0.250. The highest BCUT2D eigenvalue weighted by Gasteiger charge is 2.34. The van der Waals surface area contributed by atoms with Gasteiger partial charge in [-0.15, -0.1) is 0 Å². The Hall–Kier alpha value is -0.910. The van der Waals surface area contributed by atoms with Gasteiger partial charge in [0.1, 0.15) is 6.33 Å². The lowest BCUT2D eigenvalue weighted by Gasteiger charge is -2.01. The van der Waals surface area contributed by atoms with Crippen LogP contribution in [0.3, 0.4) is 0 Å². The molecule has 1 aromatic rings. The largest absolute Gasteiger partial charge is 0.451 e. The van der Waals surface area contributed by atoms with Gasteiger partial charge in [0.2, 0.25) is 11.1 Å². The van der Waals surface area contributed by atoms with Crippen molar-refractivity contribution >= 4 is 11.6 Å². The topological polar surface area (TPSA) is 38.7 Å². The normalized spacial score (nSPS) is 11.6. The van der Waals surface area contributed by atoms with Gasteiger partial charge in [-0.2, -0.15) is 18.2 Å². The van der Waals surface area contributed by atoms with Crippen molar-refractivity contribution in [1.82, 2.24) is 15.0 Å². The van der Waals surface area contributed by atoms with Crippen molar-refractivity contribution in [3.63, 3.8) is 0 Å². The minimum Gasteiger partial charge on any atom is -0.213 e. The molecule has 0 aliphatic carbocycles. The lowest BCUT2D eigenvalue weighted by atomic mass is 10.6. The predicted octanol–water partition coefficient (Wildman–Crippen LogP) is 1.54. The fourth-order valence-electron chi connectivity index (χ4n) is 0.413. The third-order valence-corrected chi connectivity index (χ3v) is 0.978. The second-order valence-electron chi connectivity index (χ2n) is 1.58. The van der Waals surface area contributed by atoms with Crippen LogP contribution < -0.4 is 0 Å². The number of rotatable bonds is 0. The first-order valence-electron chi connectivity index (χ1n) is 2.42. The Morgan fingerprint density at radius 3 is 2.27 bits per heavy atom. The van der Waals surface area contributed by atoms with Crippen molar-refractivity contribution in [2.24, 2.45) is 0 Å². The summed E-state index contributed by atoms with van der Waals surface area (Å²) >= 11 is 5.09. The highest BCUT2D eigenvalue weighted by atomic mass is 35.5. The molecule has 0 aromatic carbocycles. The third kappa shape index (κ3) is 2.01. The molecule has 1 heterocycles. The van der Waals surface area contributed by atoms with Crippen LogP contribution in [0, 0.1) is 0 Å². The second kappa shape index (κ2) is 2.61. The maximum atomic E-state index is 11.8. The van der Waals surface area contributed by atoms with Gasteiger partial charge in [-0.1, -0.05) is 0 Å². The molecular formula is C4HClF3N3. The van der Waals surface area contributed by atoms with Crippen molar-refractivity contribution in [3.8, 4) is 0 Å². The number of alkyl halides is 3. The van der Waals surface area contributed by atoms with Crippen molar-refractivity contribution in [2.75, 3.05) is 0 Å². The molecule has 0 saturated carbocycles. The van der Waals surface area contributed by atoms with Crippen molar-refractivity contribution in [2.45, 2.75) is 6.18 Å². The minimum absolute atomic E-state index is 0.465. The van der Waals surface area contributed by atoms with Crippen LogP contribution in [-0.4, -0.2) is 15.0 Å². The number of aromatic nitrogens is 3. The standard InChI is InChI=1S/C4HClF3N3/c5-3-10-1-9-2(11-3)4(6,7)8/h1H. The highest BCUT2D eigenvalue weighted by Crippen LogP contribution is 2.25. The molecule has 0 atom stereocenters. The number of hydrogen-bond donors (Lipinski definition) is 0. The van der Waals surface area contributed by atoms with Crippen LogP contribution in [0.4, 0.5) is 13.2 Å². The van der Waals surface area contributed by atoms with Crippen LogP contribution in [-0.2, 0) is 6.18 Å². The first kappa shape index (κ1) is 8.19. The zero-order chi connectivity index (χ0) is 8.48. The van der Waals surface area contributed by atoms with Gasteiger partial charge >= 0.3 is 6.18 Å². The molecule has 0 saturated heterocycles. The van der Waals surface area contributed by atoms with E-state index in [4.69, 9.17) is 11.6 Å². The van der Waals surface area contributed by atoms with Crippen LogP contribution in [0.2, 0.25) is 5.28 Å². The first-order chi connectivity index (χ1) is 5.00. The van der Waals surface area contributed by atoms with Gasteiger partial charge < -0.3 is 0 Å². The summed E-state index contributed by atoms with van der Waals surface area (Å²) in [5.41, 5.74) is 0. The predicted molar refractivity (Wildman–Crippen MR) is 29.8 cm³/mol. The Bertz CT molecular complexity index is 261. The molecule has 0 fully saturated rings. The number of nitrogens with zero attached hydrogens (tertiary/aromatic N) is 3. The van der Waals surface area contributed by atoms with Crippen LogP contribution in [0.25, 0.3) is 0 Å². The summed E-state index contributed by atoms with van der Waals surface area (Å²) < 4.78 is 35.3. The van der Waals surface area contributed by atoms with Crippen molar-refractivity contribution in [1.29, 1.82) is 0 Å². The molecule has 0 aliphatic heterocycles. The molecular weight excluding hydrogens is 183 g/mol. The summed E-state index contributed by atoms with van der Waals surface area (Å²) in [6.45, 7) is 0. The van der Waals surface area contributed by atoms with Gasteiger partial charge in [-0.05, 0) is 11.6 Å². The van der Waals surface area contributed by atoms with Crippen LogP contribution in [0.15, 0.2) is 6.33 Å². The average molecular weight is 184 g/mol. The zero-order valence-corrected chi connectivity index (χ0v) is 5.69. The molecule has 3 nitrogen and oxygen atoms in total. The molecule has 0 amide bonds. The summed E-state index contributed by atoms with van der Waals surface area (Å²) in [5, 5.41) is -0.465. The summed E-state index contributed by atoms with van der Waals surface area (Å²) in [5.74, 6) is -1.28. The molecule has 0 N–H and O–H groups in total. The van der Waals surface area contributed by atoms with E-state index >= 15 is 0 Å². The Morgan fingerprint density at radius 1 is 1.27 bits per heavy atom. The molecule has 7 heteroatoms. The Morgan fingerprint density at radius 2 is 1.91 bits per heavy atom.